The average Bonchev–Trinajstić information content (AvgIpc) is 2.96. The number of thiazole rings is 1. The van der Waals surface area contributed by atoms with Crippen LogP contribution in [-0.2, 0) is 9.53 Å². The molecule has 132 valence electrons. The maximum atomic E-state index is 11.9. The summed E-state index contributed by atoms with van der Waals surface area (Å²) in [5, 5.41) is 12.8. The number of anilines is 1. The van der Waals surface area contributed by atoms with Crippen LogP contribution in [0.3, 0.4) is 0 Å². The Labute approximate surface area is 151 Å². The van der Waals surface area contributed by atoms with E-state index in [4.69, 9.17) is 21.6 Å². The number of hydrogen-bond acceptors (Lipinski definition) is 6. The summed E-state index contributed by atoms with van der Waals surface area (Å²) in [6, 6.07) is 2.16. The summed E-state index contributed by atoms with van der Waals surface area (Å²) >= 11 is 7.35. The van der Waals surface area contributed by atoms with Crippen molar-refractivity contribution in [2.24, 2.45) is 5.92 Å². The Morgan fingerprint density at radius 3 is 2.88 bits per heavy atom. The van der Waals surface area contributed by atoms with Gasteiger partial charge in [0.1, 0.15) is 10.4 Å². The van der Waals surface area contributed by atoms with Gasteiger partial charge in [-0.05, 0) is 32.6 Å². The van der Waals surface area contributed by atoms with Gasteiger partial charge in [0.25, 0.3) is 0 Å². The minimum absolute atomic E-state index is 0.0451. The molecule has 1 aliphatic rings. The largest absolute Gasteiger partial charge is 0.381 e. The van der Waals surface area contributed by atoms with Crippen molar-refractivity contribution >= 4 is 34.0 Å². The van der Waals surface area contributed by atoms with Gasteiger partial charge in [0.2, 0.25) is 5.91 Å². The van der Waals surface area contributed by atoms with Crippen LogP contribution < -0.4 is 10.2 Å². The molecular formula is C16H23ClN4O2S. The van der Waals surface area contributed by atoms with Gasteiger partial charge in [-0.1, -0.05) is 22.9 Å². The van der Waals surface area contributed by atoms with E-state index in [2.05, 4.69) is 22.1 Å². The average molecular weight is 371 g/mol. The van der Waals surface area contributed by atoms with E-state index in [-0.39, 0.29) is 11.9 Å². The number of rotatable bonds is 7. The van der Waals surface area contributed by atoms with Crippen LogP contribution >= 0.6 is 22.9 Å². The van der Waals surface area contributed by atoms with Crippen LogP contribution in [0.4, 0.5) is 5.13 Å². The summed E-state index contributed by atoms with van der Waals surface area (Å²) in [5.41, 5.74) is 0.300. The molecule has 8 heteroatoms. The highest BCUT2D eigenvalue weighted by Crippen LogP contribution is 2.33. The molecule has 1 saturated heterocycles. The lowest BCUT2D eigenvalue weighted by molar-refractivity contribution is -0.123. The maximum Gasteiger partial charge on any atom is 0.222 e. The molecule has 0 aliphatic carbocycles. The van der Waals surface area contributed by atoms with E-state index in [1.165, 1.54) is 11.3 Å². The molecular weight excluding hydrogens is 348 g/mol. The molecule has 1 aromatic heterocycles. The first kappa shape index (κ1) is 19.0. The van der Waals surface area contributed by atoms with E-state index in [0.717, 1.165) is 31.1 Å². The van der Waals surface area contributed by atoms with Gasteiger partial charge in [-0.3, -0.25) is 4.79 Å². The predicted octanol–water partition coefficient (Wildman–Crippen LogP) is 2.82. The number of amides is 1. The molecule has 1 fully saturated rings. The highest BCUT2D eigenvalue weighted by atomic mass is 35.5. The van der Waals surface area contributed by atoms with Gasteiger partial charge in [0.15, 0.2) is 10.8 Å². The first-order chi connectivity index (χ1) is 11.5. The lowest BCUT2D eigenvalue weighted by atomic mass is 9.90. The zero-order valence-corrected chi connectivity index (χ0v) is 15.6. The SMILES string of the molecule is CCOCCC(=O)N[C@H](C)C1CCN(c2nc(C#N)c(Cl)s2)CC1. The fraction of sp³-hybridized carbons (Fsp3) is 0.688. The molecule has 2 heterocycles. The second-order valence-electron chi connectivity index (χ2n) is 5.86. The molecule has 0 radical (unpaired) electrons. The van der Waals surface area contributed by atoms with Gasteiger partial charge < -0.3 is 15.0 Å². The normalized spacial score (nSPS) is 16.7. The van der Waals surface area contributed by atoms with Crippen molar-refractivity contribution < 1.29 is 9.53 Å². The van der Waals surface area contributed by atoms with E-state index in [9.17, 15) is 4.79 Å². The molecule has 24 heavy (non-hydrogen) atoms. The number of nitrogens with one attached hydrogen (secondary N) is 1. The molecule has 1 amide bonds. The Hall–Kier alpha value is -1.36. The highest BCUT2D eigenvalue weighted by molar-refractivity contribution is 7.19. The number of nitrogens with zero attached hydrogens (tertiary/aromatic N) is 3. The molecule has 1 aromatic rings. The minimum Gasteiger partial charge on any atom is -0.381 e. The Balaban J connectivity index is 1.79. The summed E-state index contributed by atoms with van der Waals surface area (Å²) in [7, 11) is 0. The van der Waals surface area contributed by atoms with Crippen LogP contribution in [0.15, 0.2) is 0 Å². The van der Waals surface area contributed by atoms with E-state index < -0.39 is 0 Å². The quantitative estimate of drug-likeness (QED) is 0.746. The number of ether oxygens (including phenoxy) is 1. The molecule has 1 aliphatic heterocycles. The van der Waals surface area contributed by atoms with E-state index >= 15 is 0 Å². The first-order valence-electron chi connectivity index (χ1n) is 8.23. The number of carbonyl (C=O) groups excluding carboxylic acids is 1. The molecule has 0 aromatic carbocycles. The Kier molecular flexibility index (Phi) is 7.28. The second kappa shape index (κ2) is 9.21. The standard InChI is InChI=1S/C16H23ClN4O2S/c1-3-23-9-6-14(22)19-11(2)12-4-7-21(8-5-12)16-20-13(10-18)15(17)24-16/h11-12H,3-9H2,1-2H3,(H,19,22)/t11-/m1/s1. The summed E-state index contributed by atoms with van der Waals surface area (Å²) in [5.74, 6) is 0.493. The smallest absolute Gasteiger partial charge is 0.222 e. The van der Waals surface area contributed by atoms with Crippen molar-refractivity contribution in [3.8, 4) is 6.07 Å². The summed E-state index contributed by atoms with van der Waals surface area (Å²) in [6.07, 6.45) is 2.36. The number of piperidine rings is 1. The third kappa shape index (κ3) is 5.07. The number of hydrogen-bond donors (Lipinski definition) is 1. The molecule has 0 bridgehead atoms. The van der Waals surface area contributed by atoms with E-state index in [0.29, 0.717) is 35.6 Å². The third-order valence-electron chi connectivity index (χ3n) is 4.26. The number of nitriles is 1. The summed E-state index contributed by atoms with van der Waals surface area (Å²) in [4.78, 5) is 18.3. The molecule has 1 N–H and O–H groups in total. The van der Waals surface area contributed by atoms with E-state index in [1.54, 1.807) is 0 Å². The fourth-order valence-corrected chi connectivity index (χ4v) is 3.93. The molecule has 1 atom stereocenters. The molecule has 0 spiro atoms. The molecule has 0 saturated carbocycles. The monoisotopic (exact) mass is 370 g/mol. The topological polar surface area (TPSA) is 78.2 Å². The summed E-state index contributed by atoms with van der Waals surface area (Å²) in [6.45, 7) is 6.81. The minimum atomic E-state index is 0.0451. The summed E-state index contributed by atoms with van der Waals surface area (Å²) < 4.78 is 5.66. The van der Waals surface area contributed by atoms with Gasteiger partial charge >= 0.3 is 0 Å². The van der Waals surface area contributed by atoms with Crippen molar-refractivity contribution in [1.29, 1.82) is 5.26 Å². The Bertz CT molecular complexity index is 593. The van der Waals surface area contributed by atoms with Gasteiger partial charge in [0.05, 0.1) is 6.61 Å². The van der Waals surface area contributed by atoms with E-state index in [1.807, 2.05) is 13.0 Å². The Morgan fingerprint density at radius 1 is 1.58 bits per heavy atom. The van der Waals surface area contributed by atoms with Crippen LogP contribution in [0.2, 0.25) is 4.34 Å². The van der Waals surface area contributed by atoms with Crippen LogP contribution in [0.1, 0.15) is 38.8 Å². The zero-order chi connectivity index (χ0) is 17.5. The number of carbonyl (C=O) groups is 1. The van der Waals surface area contributed by atoms with Gasteiger partial charge in [-0.15, -0.1) is 0 Å². The van der Waals surface area contributed by atoms with Crippen LogP contribution in [0.25, 0.3) is 0 Å². The third-order valence-corrected chi connectivity index (χ3v) is 5.58. The van der Waals surface area contributed by atoms with Crippen LogP contribution in [-0.4, -0.2) is 43.2 Å². The molecule has 6 nitrogen and oxygen atoms in total. The highest BCUT2D eigenvalue weighted by Gasteiger charge is 2.26. The van der Waals surface area contributed by atoms with Crippen LogP contribution in [0.5, 0.6) is 0 Å². The first-order valence-corrected chi connectivity index (χ1v) is 9.43. The van der Waals surface area contributed by atoms with Crippen LogP contribution in [0, 0.1) is 17.2 Å². The second-order valence-corrected chi connectivity index (χ2v) is 7.44. The number of halogens is 1. The Morgan fingerprint density at radius 2 is 2.29 bits per heavy atom. The zero-order valence-electron chi connectivity index (χ0n) is 14.0. The van der Waals surface area contributed by atoms with Gasteiger partial charge in [-0.25, -0.2) is 4.98 Å². The molecule has 0 unspecified atom stereocenters. The van der Waals surface area contributed by atoms with Crippen molar-refractivity contribution in [3.63, 3.8) is 0 Å². The van der Waals surface area contributed by atoms with Crippen molar-refractivity contribution in [1.82, 2.24) is 10.3 Å². The lowest BCUT2D eigenvalue weighted by Crippen LogP contribution is -2.44. The van der Waals surface area contributed by atoms with Gasteiger partial charge in [0, 0.05) is 32.2 Å². The number of aromatic nitrogens is 1. The molecule has 2 rings (SSSR count). The van der Waals surface area contributed by atoms with Crippen molar-refractivity contribution in [2.75, 3.05) is 31.2 Å². The predicted molar refractivity (Wildman–Crippen MR) is 95.5 cm³/mol. The lowest BCUT2D eigenvalue weighted by Gasteiger charge is -2.35. The van der Waals surface area contributed by atoms with Crippen molar-refractivity contribution in [2.45, 2.75) is 39.2 Å². The maximum absolute atomic E-state index is 11.9. The fourth-order valence-electron chi connectivity index (χ4n) is 2.84. The van der Waals surface area contributed by atoms with Crippen molar-refractivity contribution in [3.05, 3.63) is 10.0 Å². The van der Waals surface area contributed by atoms with Gasteiger partial charge in [-0.2, -0.15) is 5.26 Å².